The summed E-state index contributed by atoms with van der Waals surface area (Å²) in [5.74, 6) is -3.82. The van der Waals surface area contributed by atoms with Crippen molar-refractivity contribution in [2.75, 3.05) is 0 Å². The Balaban J connectivity index is 2.05. The number of aliphatic carboxylic acids is 1. The maximum atomic E-state index is 13.0. The van der Waals surface area contributed by atoms with Gasteiger partial charge in [-0.05, 0) is 24.8 Å². The molecule has 1 aromatic heterocycles. The van der Waals surface area contributed by atoms with Gasteiger partial charge in [0.05, 0.1) is 18.5 Å². The predicted octanol–water partition coefficient (Wildman–Crippen LogP) is -0.902. The van der Waals surface area contributed by atoms with Crippen molar-refractivity contribution in [3.05, 3.63) is 54.1 Å². The highest BCUT2D eigenvalue weighted by atomic mass is 16.4. The molecule has 1 heterocycles. The van der Waals surface area contributed by atoms with Crippen LogP contribution in [0.5, 0.6) is 0 Å². The van der Waals surface area contributed by atoms with E-state index in [9.17, 15) is 29.4 Å². The summed E-state index contributed by atoms with van der Waals surface area (Å²) >= 11 is 0. The topological polar surface area (TPSA) is 200 Å². The summed E-state index contributed by atoms with van der Waals surface area (Å²) < 4.78 is 0. The average molecular weight is 503 g/mol. The van der Waals surface area contributed by atoms with Gasteiger partial charge in [0.25, 0.3) is 0 Å². The van der Waals surface area contributed by atoms with E-state index in [-0.39, 0.29) is 18.8 Å². The molecule has 0 spiro atoms. The average Bonchev–Trinajstić information content (AvgIpc) is 3.33. The number of imidazole rings is 1. The quantitative estimate of drug-likeness (QED) is 0.183. The molecule has 0 aliphatic carbocycles. The number of aliphatic hydroxyl groups is 1. The molecule has 2 aromatic rings. The molecule has 0 saturated heterocycles. The van der Waals surface area contributed by atoms with Gasteiger partial charge < -0.3 is 36.9 Å². The minimum Gasteiger partial charge on any atom is -0.480 e. The van der Waals surface area contributed by atoms with Gasteiger partial charge in [-0.25, -0.2) is 9.78 Å². The van der Waals surface area contributed by atoms with Crippen molar-refractivity contribution in [3.8, 4) is 0 Å². The first-order valence-corrected chi connectivity index (χ1v) is 11.6. The van der Waals surface area contributed by atoms with Crippen molar-refractivity contribution in [1.29, 1.82) is 0 Å². The molecule has 0 radical (unpaired) electrons. The monoisotopic (exact) mass is 502 g/mol. The molecule has 0 aliphatic rings. The fourth-order valence-corrected chi connectivity index (χ4v) is 3.48. The summed E-state index contributed by atoms with van der Waals surface area (Å²) in [6.45, 7) is 4.69. The van der Waals surface area contributed by atoms with Crippen LogP contribution in [0.25, 0.3) is 0 Å². The number of aliphatic hydroxyl groups excluding tert-OH is 1. The number of rotatable bonds is 13. The van der Waals surface area contributed by atoms with Gasteiger partial charge in [-0.2, -0.15) is 0 Å². The Morgan fingerprint density at radius 3 is 2.08 bits per heavy atom. The van der Waals surface area contributed by atoms with E-state index in [1.807, 2.05) is 30.3 Å². The lowest BCUT2D eigenvalue weighted by Gasteiger charge is -2.28. The number of aromatic nitrogens is 2. The molecule has 12 nitrogen and oxygen atoms in total. The third kappa shape index (κ3) is 8.47. The fourth-order valence-electron chi connectivity index (χ4n) is 3.48. The van der Waals surface area contributed by atoms with Crippen LogP contribution in [-0.2, 0) is 32.0 Å². The van der Waals surface area contributed by atoms with Gasteiger partial charge in [-0.15, -0.1) is 0 Å². The maximum Gasteiger partial charge on any atom is 0.326 e. The molecule has 1 aromatic carbocycles. The number of carboxylic acids is 1. The Labute approximate surface area is 209 Å². The molecular formula is C24H34N6O6. The first-order chi connectivity index (χ1) is 17.0. The number of carboxylic acid groups (broad SMARTS) is 1. The van der Waals surface area contributed by atoms with Crippen LogP contribution in [-0.4, -0.2) is 74.1 Å². The van der Waals surface area contributed by atoms with E-state index < -0.39 is 54.0 Å². The Bertz CT molecular complexity index is 1010. The van der Waals surface area contributed by atoms with Crippen LogP contribution in [0.4, 0.5) is 0 Å². The molecule has 196 valence electrons. The maximum absolute atomic E-state index is 13.0. The van der Waals surface area contributed by atoms with Crippen molar-refractivity contribution < 1.29 is 29.4 Å². The first kappa shape index (κ1) is 28.5. The molecule has 3 amide bonds. The number of carbonyl (C=O) groups excluding carboxylic acids is 3. The van der Waals surface area contributed by atoms with Crippen LogP contribution in [0.3, 0.4) is 0 Å². The van der Waals surface area contributed by atoms with E-state index in [1.165, 1.54) is 19.4 Å². The summed E-state index contributed by atoms with van der Waals surface area (Å²) in [5.41, 5.74) is 7.37. The number of hydrogen-bond donors (Lipinski definition) is 7. The Morgan fingerprint density at radius 2 is 1.56 bits per heavy atom. The summed E-state index contributed by atoms with van der Waals surface area (Å²) in [4.78, 5) is 56.7. The summed E-state index contributed by atoms with van der Waals surface area (Å²) in [6, 6.07) is 4.43. The zero-order chi connectivity index (χ0) is 26.8. The first-order valence-electron chi connectivity index (χ1n) is 11.6. The number of hydrogen-bond acceptors (Lipinski definition) is 7. The van der Waals surface area contributed by atoms with E-state index >= 15 is 0 Å². The number of aromatic amines is 1. The lowest BCUT2D eigenvalue weighted by Crippen LogP contribution is -2.61. The van der Waals surface area contributed by atoms with E-state index in [4.69, 9.17) is 5.73 Å². The third-order valence-corrected chi connectivity index (χ3v) is 5.54. The van der Waals surface area contributed by atoms with Gasteiger partial charge in [0.2, 0.25) is 17.7 Å². The molecule has 12 heteroatoms. The Morgan fingerprint density at radius 1 is 0.944 bits per heavy atom. The van der Waals surface area contributed by atoms with Gasteiger partial charge >= 0.3 is 5.97 Å². The lowest BCUT2D eigenvalue weighted by molar-refractivity contribution is -0.143. The van der Waals surface area contributed by atoms with Crippen LogP contribution in [0.2, 0.25) is 0 Å². The van der Waals surface area contributed by atoms with Crippen molar-refractivity contribution in [2.45, 2.75) is 63.9 Å². The predicted molar refractivity (Wildman–Crippen MR) is 130 cm³/mol. The van der Waals surface area contributed by atoms with Crippen LogP contribution in [0, 0.1) is 5.92 Å². The fraction of sp³-hybridized carbons (Fsp3) is 0.458. The van der Waals surface area contributed by atoms with Crippen LogP contribution >= 0.6 is 0 Å². The zero-order valence-corrected chi connectivity index (χ0v) is 20.5. The summed E-state index contributed by atoms with van der Waals surface area (Å²) in [6.07, 6.45) is 1.64. The SMILES string of the molecule is CC(C)C(NC(=O)C(N)Cc1ccccc1)C(=O)NC(C(=O)NC(Cc1cnc[nH]1)C(=O)O)C(C)O. The second kappa shape index (κ2) is 13.4. The third-order valence-electron chi connectivity index (χ3n) is 5.54. The van der Waals surface area contributed by atoms with Crippen LogP contribution < -0.4 is 21.7 Å². The molecule has 5 unspecified atom stereocenters. The molecule has 2 rings (SSSR count). The normalized spacial score (nSPS) is 15.3. The van der Waals surface area contributed by atoms with Gasteiger partial charge in [-0.1, -0.05) is 44.2 Å². The largest absolute Gasteiger partial charge is 0.480 e. The van der Waals surface area contributed by atoms with Gasteiger partial charge in [0, 0.05) is 18.3 Å². The van der Waals surface area contributed by atoms with Gasteiger partial charge in [-0.3, -0.25) is 14.4 Å². The minimum atomic E-state index is -1.46. The highest BCUT2D eigenvalue weighted by Crippen LogP contribution is 2.07. The van der Waals surface area contributed by atoms with E-state index in [2.05, 4.69) is 25.9 Å². The molecule has 0 aliphatic heterocycles. The van der Waals surface area contributed by atoms with Crippen molar-refractivity contribution in [2.24, 2.45) is 11.7 Å². The lowest BCUT2D eigenvalue weighted by atomic mass is 10.0. The smallest absolute Gasteiger partial charge is 0.326 e. The van der Waals surface area contributed by atoms with Crippen molar-refractivity contribution in [1.82, 2.24) is 25.9 Å². The van der Waals surface area contributed by atoms with E-state index in [1.54, 1.807) is 13.8 Å². The standard InChI is InChI=1S/C24H34N6O6/c1-13(2)19(29-21(32)17(25)9-15-7-5-4-6-8-15)22(33)30-20(14(3)31)23(34)28-18(24(35)36)10-16-11-26-12-27-16/h4-8,11-14,17-20,31H,9-10,25H2,1-3H3,(H,26,27)(H,28,34)(H,29,32)(H,30,33)(H,35,36). The molecule has 8 N–H and O–H groups in total. The zero-order valence-electron chi connectivity index (χ0n) is 20.5. The van der Waals surface area contributed by atoms with E-state index in [0.29, 0.717) is 5.69 Å². The summed E-state index contributed by atoms with van der Waals surface area (Å²) in [5, 5.41) is 27.0. The van der Waals surface area contributed by atoms with Crippen LogP contribution in [0.1, 0.15) is 32.0 Å². The molecular weight excluding hydrogens is 468 g/mol. The van der Waals surface area contributed by atoms with Crippen LogP contribution in [0.15, 0.2) is 42.9 Å². The minimum absolute atomic E-state index is 0.0778. The number of nitrogens with two attached hydrogens (primary N) is 1. The molecule has 0 fully saturated rings. The molecule has 5 atom stereocenters. The number of nitrogens with one attached hydrogen (secondary N) is 4. The van der Waals surface area contributed by atoms with Gasteiger partial charge in [0.15, 0.2) is 0 Å². The van der Waals surface area contributed by atoms with E-state index in [0.717, 1.165) is 5.56 Å². The van der Waals surface area contributed by atoms with Crippen molar-refractivity contribution >= 4 is 23.7 Å². The number of nitrogens with zero attached hydrogens (tertiary/aromatic N) is 1. The molecule has 0 saturated carbocycles. The number of benzene rings is 1. The number of carbonyl (C=O) groups is 4. The highest BCUT2D eigenvalue weighted by molar-refractivity contribution is 5.94. The Hall–Kier alpha value is -3.77. The number of H-pyrrole nitrogens is 1. The number of amides is 3. The second-order valence-corrected chi connectivity index (χ2v) is 8.93. The second-order valence-electron chi connectivity index (χ2n) is 8.93. The highest BCUT2D eigenvalue weighted by Gasteiger charge is 2.34. The Kier molecular flexibility index (Phi) is 10.6. The molecule has 0 bridgehead atoms. The van der Waals surface area contributed by atoms with Crippen molar-refractivity contribution in [3.63, 3.8) is 0 Å². The van der Waals surface area contributed by atoms with Gasteiger partial charge in [0.1, 0.15) is 18.1 Å². The molecule has 36 heavy (non-hydrogen) atoms. The summed E-state index contributed by atoms with van der Waals surface area (Å²) in [7, 11) is 0.